The van der Waals surface area contributed by atoms with Gasteiger partial charge in [-0.2, -0.15) is 0 Å². The summed E-state index contributed by atoms with van der Waals surface area (Å²) < 4.78 is 2.23. The maximum Gasteiger partial charge on any atom is 0.335 e. The SMILES string of the molecule is CC(C)Cn1cnc2cnc3ccccc3c21.Cc1ccccc1C(=O)O. The number of pyridine rings is 1. The maximum absolute atomic E-state index is 10.4. The summed E-state index contributed by atoms with van der Waals surface area (Å²) in [6.45, 7) is 7.21. The Kier molecular flexibility index (Phi) is 5.50. The van der Waals surface area contributed by atoms with E-state index in [0.29, 0.717) is 11.5 Å². The van der Waals surface area contributed by atoms with E-state index in [0.717, 1.165) is 23.1 Å². The third-order valence-corrected chi connectivity index (χ3v) is 4.29. The van der Waals surface area contributed by atoms with Crippen LogP contribution < -0.4 is 0 Å². The predicted molar refractivity (Wildman–Crippen MR) is 108 cm³/mol. The first-order valence-electron chi connectivity index (χ1n) is 8.95. The van der Waals surface area contributed by atoms with E-state index in [-0.39, 0.29) is 0 Å². The van der Waals surface area contributed by atoms with Crippen molar-refractivity contribution in [2.75, 3.05) is 0 Å². The number of rotatable bonds is 3. The van der Waals surface area contributed by atoms with Gasteiger partial charge in [0.25, 0.3) is 0 Å². The number of nitrogens with zero attached hydrogens (tertiary/aromatic N) is 3. The van der Waals surface area contributed by atoms with Gasteiger partial charge in [-0.25, -0.2) is 9.78 Å². The third-order valence-electron chi connectivity index (χ3n) is 4.29. The van der Waals surface area contributed by atoms with Crippen molar-refractivity contribution in [3.63, 3.8) is 0 Å². The molecule has 4 rings (SSSR count). The average molecular weight is 361 g/mol. The van der Waals surface area contributed by atoms with Gasteiger partial charge in [0.2, 0.25) is 0 Å². The topological polar surface area (TPSA) is 68.0 Å². The number of para-hydroxylation sites is 1. The summed E-state index contributed by atoms with van der Waals surface area (Å²) in [6, 6.07) is 15.1. The molecule has 4 aromatic rings. The molecule has 0 saturated carbocycles. The predicted octanol–water partition coefficient (Wildman–Crippen LogP) is 4.93. The monoisotopic (exact) mass is 361 g/mol. The highest BCUT2D eigenvalue weighted by atomic mass is 16.4. The molecule has 1 N–H and O–H groups in total. The molecule has 5 nitrogen and oxygen atoms in total. The quantitative estimate of drug-likeness (QED) is 0.561. The van der Waals surface area contributed by atoms with Gasteiger partial charge in [-0.05, 0) is 30.5 Å². The Labute approximate surface area is 158 Å². The summed E-state index contributed by atoms with van der Waals surface area (Å²) in [5, 5.41) is 9.75. The Bertz CT molecular complexity index is 1080. The van der Waals surface area contributed by atoms with Crippen molar-refractivity contribution < 1.29 is 9.90 Å². The number of carbonyl (C=O) groups is 1. The second kappa shape index (κ2) is 7.99. The van der Waals surface area contributed by atoms with Gasteiger partial charge in [0, 0.05) is 11.9 Å². The van der Waals surface area contributed by atoms with Crippen LogP contribution in [0.3, 0.4) is 0 Å². The Morgan fingerprint density at radius 2 is 1.74 bits per heavy atom. The Balaban J connectivity index is 0.000000180. The summed E-state index contributed by atoms with van der Waals surface area (Å²) in [4.78, 5) is 19.3. The van der Waals surface area contributed by atoms with Crippen LogP contribution in [0.5, 0.6) is 0 Å². The van der Waals surface area contributed by atoms with Crippen LogP contribution in [0.15, 0.2) is 61.1 Å². The molecule has 2 aromatic carbocycles. The highest BCUT2D eigenvalue weighted by Crippen LogP contribution is 2.23. The Morgan fingerprint density at radius 3 is 2.41 bits per heavy atom. The number of aromatic nitrogens is 3. The summed E-state index contributed by atoms with van der Waals surface area (Å²) >= 11 is 0. The van der Waals surface area contributed by atoms with Crippen LogP contribution in [0.1, 0.15) is 29.8 Å². The Hall–Kier alpha value is -3.21. The van der Waals surface area contributed by atoms with Gasteiger partial charge >= 0.3 is 5.97 Å². The molecule has 0 radical (unpaired) electrons. The van der Waals surface area contributed by atoms with Crippen molar-refractivity contribution in [1.29, 1.82) is 0 Å². The molecule has 138 valence electrons. The minimum atomic E-state index is -0.863. The molecule has 0 aliphatic heterocycles. The van der Waals surface area contributed by atoms with Gasteiger partial charge in [0.1, 0.15) is 5.52 Å². The largest absolute Gasteiger partial charge is 0.478 e. The van der Waals surface area contributed by atoms with Crippen LogP contribution in [-0.2, 0) is 6.54 Å². The summed E-state index contributed by atoms with van der Waals surface area (Å²) in [7, 11) is 0. The van der Waals surface area contributed by atoms with Gasteiger partial charge in [-0.1, -0.05) is 50.2 Å². The molecule has 27 heavy (non-hydrogen) atoms. The molecule has 0 bridgehead atoms. The molecular weight excluding hydrogens is 338 g/mol. The number of hydrogen-bond acceptors (Lipinski definition) is 3. The summed E-state index contributed by atoms with van der Waals surface area (Å²) in [5.41, 5.74) is 4.39. The number of aromatic carboxylic acids is 1. The van der Waals surface area contributed by atoms with E-state index < -0.39 is 5.97 Å². The summed E-state index contributed by atoms with van der Waals surface area (Å²) in [6.07, 6.45) is 3.77. The fourth-order valence-corrected chi connectivity index (χ4v) is 3.05. The van der Waals surface area contributed by atoms with Crippen LogP contribution in [0.4, 0.5) is 0 Å². The zero-order valence-electron chi connectivity index (χ0n) is 15.8. The lowest BCUT2D eigenvalue weighted by molar-refractivity contribution is 0.0696. The highest BCUT2D eigenvalue weighted by Gasteiger charge is 2.08. The standard InChI is InChI=1S/C14H15N3.C8H8O2/c1-10(2)8-17-9-16-13-7-15-12-6-4-3-5-11(12)14(13)17;1-6-4-2-3-5-7(6)8(9)10/h3-7,9-10H,8H2,1-2H3;2-5H,1H3,(H,9,10). The second-order valence-electron chi connectivity index (χ2n) is 6.92. The second-order valence-corrected chi connectivity index (χ2v) is 6.92. The van der Waals surface area contributed by atoms with Crippen LogP contribution in [0.25, 0.3) is 21.9 Å². The molecule has 0 aliphatic rings. The zero-order chi connectivity index (χ0) is 19.4. The van der Waals surface area contributed by atoms with Crippen LogP contribution in [0, 0.1) is 12.8 Å². The van der Waals surface area contributed by atoms with E-state index in [1.54, 1.807) is 25.1 Å². The molecule has 2 aromatic heterocycles. The number of aryl methyl sites for hydroxylation is 1. The van der Waals surface area contributed by atoms with E-state index in [1.807, 2.05) is 30.7 Å². The molecule has 0 saturated heterocycles. The molecule has 0 aliphatic carbocycles. The first-order chi connectivity index (χ1) is 13.0. The molecule has 0 amide bonds. The molecular formula is C22H23N3O2. The lowest BCUT2D eigenvalue weighted by atomic mass is 10.1. The van der Waals surface area contributed by atoms with Gasteiger partial charge in [0.15, 0.2) is 0 Å². The van der Waals surface area contributed by atoms with Crippen molar-refractivity contribution >= 4 is 27.9 Å². The lowest BCUT2D eigenvalue weighted by Crippen LogP contribution is -2.03. The smallest absolute Gasteiger partial charge is 0.335 e. The summed E-state index contributed by atoms with van der Waals surface area (Å²) in [5.74, 6) is -0.252. The normalized spacial score (nSPS) is 10.8. The lowest BCUT2D eigenvalue weighted by Gasteiger charge is -2.08. The van der Waals surface area contributed by atoms with Crippen LogP contribution in [0.2, 0.25) is 0 Å². The van der Waals surface area contributed by atoms with Gasteiger partial charge < -0.3 is 9.67 Å². The van der Waals surface area contributed by atoms with Gasteiger partial charge in [0.05, 0.1) is 29.1 Å². The minimum absolute atomic E-state index is 0.377. The molecule has 0 atom stereocenters. The number of benzene rings is 2. The maximum atomic E-state index is 10.4. The van der Waals surface area contributed by atoms with Crippen molar-refractivity contribution in [3.8, 4) is 0 Å². The Morgan fingerprint density at radius 1 is 1.04 bits per heavy atom. The van der Waals surface area contributed by atoms with E-state index in [2.05, 4.69) is 40.5 Å². The first kappa shape index (κ1) is 18.6. The van der Waals surface area contributed by atoms with Crippen molar-refractivity contribution in [2.45, 2.75) is 27.3 Å². The van der Waals surface area contributed by atoms with E-state index in [1.165, 1.54) is 10.9 Å². The molecule has 5 heteroatoms. The number of hydrogen-bond donors (Lipinski definition) is 1. The highest BCUT2D eigenvalue weighted by molar-refractivity contribution is 6.01. The molecule has 0 spiro atoms. The third kappa shape index (κ3) is 4.14. The number of carboxylic acids is 1. The van der Waals surface area contributed by atoms with Gasteiger partial charge in [-0.15, -0.1) is 0 Å². The van der Waals surface area contributed by atoms with Crippen LogP contribution in [-0.4, -0.2) is 25.6 Å². The molecule has 0 unspecified atom stereocenters. The van der Waals surface area contributed by atoms with Gasteiger partial charge in [-0.3, -0.25) is 4.98 Å². The fraction of sp³-hybridized carbons (Fsp3) is 0.227. The number of fused-ring (bicyclic) bond motifs is 3. The van der Waals surface area contributed by atoms with Crippen molar-refractivity contribution in [3.05, 3.63) is 72.2 Å². The van der Waals surface area contributed by atoms with E-state index in [4.69, 9.17) is 5.11 Å². The molecule has 0 fully saturated rings. The first-order valence-corrected chi connectivity index (χ1v) is 8.95. The number of imidazole rings is 1. The van der Waals surface area contributed by atoms with Crippen LogP contribution >= 0.6 is 0 Å². The fourth-order valence-electron chi connectivity index (χ4n) is 3.05. The van der Waals surface area contributed by atoms with E-state index in [9.17, 15) is 4.79 Å². The number of carboxylic acid groups (broad SMARTS) is 1. The van der Waals surface area contributed by atoms with Crippen molar-refractivity contribution in [2.24, 2.45) is 5.92 Å². The molecule has 2 heterocycles. The average Bonchev–Trinajstić information content (AvgIpc) is 3.05. The van der Waals surface area contributed by atoms with Crippen molar-refractivity contribution in [1.82, 2.24) is 14.5 Å². The van der Waals surface area contributed by atoms with E-state index >= 15 is 0 Å². The minimum Gasteiger partial charge on any atom is -0.478 e. The zero-order valence-corrected chi connectivity index (χ0v) is 15.8.